The summed E-state index contributed by atoms with van der Waals surface area (Å²) in [4.78, 5) is 3.75. The third kappa shape index (κ3) is 2.38. The summed E-state index contributed by atoms with van der Waals surface area (Å²) >= 11 is 0. The van der Waals surface area contributed by atoms with Gasteiger partial charge in [-0.3, -0.25) is 0 Å². The first kappa shape index (κ1) is 12.6. The molecule has 0 aliphatic heterocycles. The van der Waals surface area contributed by atoms with Gasteiger partial charge in [0.1, 0.15) is 29.9 Å². The van der Waals surface area contributed by atoms with Gasteiger partial charge < -0.3 is 5.11 Å². The maximum Gasteiger partial charge on any atom is 0.137 e. The lowest BCUT2D eigenvalue weighted by Crippen LogP contribution is -2.32. The number of nitrogens with zero attached hydrogens (tertiary/aromatic N) is 3. The van der Waals surface area contributed by atoms with Crippen LogP contribution in [-0.4, -0.2) is 19.9 Å². The molecule has 2 aromatic rings. The largest absolute Gasteiger partial charge is 0.383 e. The Kier molecular flexibility index (Phi) is 3.38. The molecule has 4 nitrogen and oxygen atoms in total. The normalized spacial score (nSPS) is 14.4. The van der Waals surface area contributed by atoms with Crippen molar-refractivity contribution in [2.24, 2.45) is 0 Å². The van der Waals surface area contributed by atoms with E-state index >= 15 is 0 Å². The molecule has 0 bridgehead atoms. The Bertz CT molecular complexity index is 530. The third-order valence-corrected chi connectivity index (χ3v) is 2.90. The summed E-state index contributed by atoms with van der Waals surface area (Å²) in [6.07, 6.45) is 2.96. The molecule has 6 heteroatoms. The van der Waals surface area contributed by atoms with Crippen molar-refractivity contribution in [3.05, 3.63) is 48.1 Å². The van der Waals surface area contributed by atoms with Crippen LogP contribution in [0.3, 0.4) is 0 Å². The third-order valence-electron chi connectivity index (χ3n) is 2.90. The number of aliphatic hydroxyl groups is 1. The molecule has 1 aromatic carbocycles. The Hall–Kier alpha value is -1.82. The molecule has 0 aliphatic carbocycles. The molecule has 1 N–H and O–H groups in total. The van der Waals surface area contributed by atoms with Gasteiger partial charge in [0.2, 0.25) is 0 Å². The van der Waals surface area contributed by atoms with Crippen LogP contribution in [0, 0.1) is 11.6 Å². The molecular formula is C12H13F2N3O. The predicted molar refractivity (Wildman–Crippen MR) is 60.6 cm³/mol. The van der Waals surface area contributed by atoms with Crippen LogP contribution in [0.25, 0.3) is 0 Å². The van der Waals surface area contributed by atoms with Crippen molar-refractivity contribution in [1.29, 1.82) is 0 Å². The molecule has 18 heavy (non-hydrogen) atoms. The fraction of sp³-hybridized carbons (Fsp3) is 0.333. The molecule has 96 valence electrons. The zero-order valence-electron chi connectivity index (χ0n) is 9.85. The molecule has 2 rings (SSSR count). The fourth-order valence-corrected chi connectivity index (χ4v) is 1.82. The summed E-state index contributed by atoms with van der Waals surface area (Å²) < 4.78 is 28.3. The zero-order chi connectivity index (χ0) is 13.2. The molecule has 0 spiro atoms. The van der Waals surface area contributed by atoms with Gasteiger partial charge in [0.25, 0.3) is 0 Å². The minimum absolute atomic E-state index is 0.0177. The molecule has 0 radical (unpaired) electrons. The lowest BCUT2D eigenvalue weighted by atomic mass is 9.90. The maximum absolute atomic E-state index is 13.7. The molecule has 1 heterocycles. The first-order valence-corrected chi connectivity index (χ1v) is 5.55. The van der Waals surface area contributed by atoms with Crippen molar-refractivity contribution in [3.63, 3.8) is 0 Å². The van der Waals surface area contributed by atoms with Crippen molar-refractivity contribution in [1.82, 2.24) is 14.8 Å². The van der Waals surface area contributed by atoms with Crippen LogP contribution in [0.2, 0.25) is 0 Å². The molecule has 0 saturated carbocycles. The average molecular weight is 253 g/mol. The summed E-state index contributed by atoms with van der Waals surface area (Å²) in [6.45, 7) is 1.71. The maximum atomic E-state index is 13.7. The average Bonchev–Trinajstić information content (AvgIpc) is 2.84. The minimum Gasteiger partial charge on any atom is -0.383 e. The highest BCUT2D eigenvalue weighted by Gasteiger charge is 2.31. The van der Waals surface area contributed by atoms with Gasteiger partial charge in [0.15, 0.2) is 0 Å². The SMILES string of the molecule is CCC(O)(Cn1cncn1)c1cc(F)ccc1F. The van der Waals surface area contributed by atoms with Crippen molar-refractivity contribution in [3.8, 4) is 0 Å². The van der Waals surface area contributed by atoms with E-state index in [1.807, 2.05) is 0 Å². The standard InChI is InChI=1S/C12H13F2N3O/c1-2-12(18,6-17-8-15-7-16-17)10-5-9(13)3-4-11(10)14/h3-5,7-8,18H,2,6H2,1H3. The Morgan fingerprint density at radius 2 is 2.17 bits per heavy atom. The Morgan fingerprint density at radius 1 is 1.39 bits per heavy atom. The quantitative estimate of drug-likeness (QED) is 0.904. The van der Waals surface area contributed by atoms with Crippen LogP contribution < -0.4 is 0 Å². The van der Waals surface area contributed by atoms with Gasteiger partial charge in [-0.05, 0) is 24.6 Å². The van der Waals surface area contributed by atoms with Gasteiger partial charge >= 0.3 is 0 Å². The van der Waals surface area contributed by atoms with Crippen molar-refractivity contribution < 1.29 is 13.9 Å². The topological polar surface area (TPSA) is 50.9 Å². The van der Waals surface area contributed by atoms with E-state index in [9.17, 15) is 13.9 Å². The van der Waals surface area contributed by atoms with Gasteiger partial charge in [0.05, 0.1) is 6.54 Å². The molecule has 0 amide bonds. The molecular weight excluding hydrogens is 240 g/mol. The van der Waals surface area contributed by atoms with Crippen molar-refractivity contribution in [2.45, 2.75) is 25.5 Å². The Balaban J connectivity index is 2.39. The second-order valence-corrected chi connectivity index (χ2v) is 4.10. The molecule has 0 fully saturated rings. The van der Waals surface area contributed by atoms with E-state index in [1.54, 1.807) is 6.92 Å². The van der Waals surface area contributed by atoms with E-state index in [2.05, 4.69) is 10.1 Å². The Labute approximate surface area is 103 Å². The van der Waals surface area contributed by atoms with E-state index in [1.165, 1.54) is 17.3 Å². The van der Waals surface area contributed by atoms with E-state index in [4.69, 9.17) is 0 Å². The first-order valence-electron chi connectivity index (χ1n) is 5.55. The predicted octanol–water partition coefficient (Wildman–Crippen LogP) is 1.85. The summed E-state index contributed by atoms with van der Waals surface area (Å²) in [6, 6.07) is 3.03. The molecule has 1 unspecified atom stereocenters. The van der Waals surface area contributed by atoms with E-state index in [0.29, 0.717) is 0 Å². The van der Waals surface area contributed by atoms with Crippen LogP contribution in [0.15, 0.2) is 30.9 Å². The highest BCUT2D eigenvalue weighted by atomic mass is 19.1. The highest BCUT2D eigenvalue weighted by molar-refractivity contribution is 5.25. The van der Waals surface area contributed by atoms with Crippen LogP contribution in [0.4, 0.5) is 8.78 Å². The number of rotatable bonds is 4. The number of hydrogen-bond donors (Lipinski definition) is 1. The summed E-state index contributed by atoms with van der Waals surface area (Å²) in [7, 11) is 0. The van der Waals surface area contributed by atoms with Gasteiger partial charge in [-0.1, -0.05) is 6.92 Å². The van der Waals surface area contributed by atoms with Gasteiger partial charge in [-0.15, -0.1) is 0 Å². The first-order chi connectivity index (χ1) is 8.55. The van der Waals surface area contributed by atoms with Gasteiger partial charge in [-0.2, -0.15) is 5.10 Å². The second-order valence-electron chi connectivity index (χ2n) is 4.10. The van der Waals surface area contributed by atoms with Gasteiger partial charge in [0, 0.05) is 5.56 Å². The molecule has 1 atom stereocenters. The second kappa shape index (κ2) is 4.81. The number of benzene rings is 1. The van der Waals surface area contributed by atoms with E-state index in [-0.39, 0.29) is 18.5 Å². The van der Waals surface area contributed by atoms with Crippen LogP contribution in [0.5, 0.6) is 0 Å². The summed E-state index contributed by atoms with van der Waals surface area (Å²) in [5, 5.41) is 14.3. The van der Waals surface area contributed by atoms with E-state index in [0.717, 1.165) is 18.2 Å². The minimum atomic E-state index is -1.51. The lowest BCUT2D eigenvalue weighted by molar-refractivity contribution is 0.00735. The monoisotopic (exact) mass is 253 g/mol. The number of hydrogen-bond acceptors (Lipinski definition) is 3. The number of aromatic nitrogens is 3. The Morgan fingerprint density at radius 3 is 2.78 bits per heavy atom. The summed E-state index contributed by atoms with van der Waals surface area (Å²) in [5.41, 5.74) is -1.58. The molecule has 0 saturated heterocycles. The van der Waals surface area contributed by atoms with Crippen molar-refractivity contribution >= 4 is 0 Å². The number of halogens is 2. The highest BCUT2D eigenvalue weighted by Crippen LogP contribution is 2.29. The lowest BCUT2D eigenvalue weighted by Gasteiger charge is -2.27. The van der Waals surface area contributed by atoms with E-state index < -0.39 is 17.2 Å². The van der Waals surface area contributed by atoms with Crippen LogP contribution >= 0.6 is 0 Å². The smallest absolute Gasteiger partial charge is 0.137 e. The van der Waals surface area contributed by atoms with Crippen LogP contribution in [-0.2, 0) is 12.1 Å². The van der Waals surface area contributed by atoms with Gasteiger partial charge in [-0.25, -0.2) is 18.4 Å². The molecule has 1 aromatic heterocycles. The zero-order valence-corrected chi connectivity index (χ0v) is 9.85. The van der Waals surface area contributed by atoms with Crippen LogP contribution in [0.1, 0.15) is 18.9 Å². The van der Waals surface area contributed by atoms with Crippen molar-refractivity contribution in [2.75, 3.05) is 0 Å². The molecule has 0 aliphatic rings. The summed E-state index contributed by atoms with van der Waals surface area (Å²) in [5.74, 6) is -1.22. The fourth-order valence-electron chi connectivity index (χ4n) is 1.82.